The van der Waals surface area contributed by atoms with Crippen molar-refractivity contribution in [2.45, 2.75) is 0 Å². The molecule has 0 saturated heterocycles. The van der Waals surface area contributed by atoms with Crippen molar-refractivity contribution in [3.8, 4) is 0 Å². The SMILES string of the molecule is Nc1csc2scc(N)c12. The maximum absolute atomic E-state index is 5.66. The van der Waals surface area contributed by atoms with Crippen LogP contribution in [0.3, 0.4) is 0 Å². The van der Waals surface area contributed by atoms with Crippen LogP contribution >= 0.6 is 22.7 Å². The molecule has 0 unspecified atom stereocenters. The normalized spacial score (nSPS) is 10.8. The first kappa shape index (κ1) is 6.00. The fourth-order valence-electron chi connectivity index (χ4n) is 0.900. The number of thiophene rings is 2. The molecule has 2 heterocycles. The Morgan fingerprint density at radius 3 is 1.90 bits per heavy atom. The van der Waals surface area contributed by atoms with E-state index in [1.807, 2.05) is 10.8 Å². The molecule has 4 heteroatoms. The predicted octanol–water partition coefficient (Wildman–Crippen LogP) is 2.13. The number of hydrogen-bond donors (Lipinski definition) is 2. The summed E-state index contributed by atoms with van der Waals surface area (Å²) in [6, 6.07) is 0. The number of hydrogen-bond acceptors (Lipinski definition) is 4. The zero-order valence-electron chi connectivity index (χ0n) is 5.13. The monoisotopic (exact) mass is 170 g/mol. The lowest BCUT2D eigenvalue weighted by molar-refractivity contribution is 1.90. The van der Waals surface area contributed by atoms with Crippen molar-refractivity contribution in [3.05, 3.63) is 10.8 Å². The molecular weight excluding hydrogens is 164 g/mol. The first-order valence-corrected chi connectivity index (χ1v) is 4.54. The maximum Gasteiger partial charge on any atom is 0.0907 e. The van der Waals surface area contributed by atoms with E-state index in [0.29, 0.717) is 0 Å². The summed E-state index contributed by atoms with van der Waals surface area (Å²) in [4.78, 5) is 0. The molecule has 0 saturated carbocycles. The number of rotatable bonds is 0. The molecule has 0 aromatic carbocycles. The summed E-state index contributed by atoms with van der Waals surface area (Å²) in [5.41, 5.74) is 12.9. The molecular formula is C6H6N2S2. The third-order valence-corrected chi connectivity index (χ3v) is 3.52. The summed E-state index contributed by atoms with van der Waals surface area (Å²) in [6.07, 6.45) is 0. The molecule has 2 rings (SSSR count). The standard InChI is InChI=1S/C6H6N2S2/c7-3-1-9-6-5(3)4(8)2-10-6/h1-2H,7-8H2. The van der Waals surface area contributed by atoms with Gasteiger partial charge >= 0.3 is 0 Å². The van der Waals surface area contributed by atoms with E-state index in [9.17, 15) is 0 Å². The van der Waals surface area contributed by atoms with Gasteiger partial charge in [-0.2, -0.15) is 0 Å². The minimum atomic E-state index is 0.804. The van der Waals surface area contributed by atoms with Gasteiger partial charge in [-0.25, -0.2) is 0 Å². The van der Waals surface area contributed by atoms with Gasteiger partial charge < -0.3 is 11.5 Å². The van der Waals surface area contributed by atoms with Crippen LogP contribution in [0.2, 0.25) is 0 Å². The van der Waals surface area contributed by atoms with Crippen molar-refractivity contribution in [1.29, 1.82) is 0 Å². The van der Waals surface area contributed by atoms with Crippen LogP contribution in [0.15, 0.2) is 10.8 Å². The van der Waals surface area contributed by atoms with Gasteiger partial charge in [0.15, 0.2) is 0 Å². The van der Waals surface area contributed by atoms with Crippen molar-refractivity contribution in [1.82, 2.24) is 0 Å². The number of nitrogens with two attached hydrogens (primary N) is 2. The first-order chi connectivity index (χ1) is 4.79. The lowest BCUT2D eigenvalue weighted by Crippen LogP contribution is -1.84. The maximum atomic E-state index is 5.66. The Balaban J connectivity index is 2.98. The minimum absolute atomic E-state index is 0.804. The molecule has 0 aliphatic heterocycles. The Labute approximate surface area is 66.1 Å². The third-order valence-electron chi connectivity index (χ3n) is 1.37. The van der Waals surface area contributed by atoms with E-state index in [1.54, 1.807) is 22.7 Å². The van der Waals surface area contributed by atoms with Crippen LogP contribution < -0.4 is 11.5 Å². The van der Waals surface area contributed by atoms with Gasteiger partial charge in [-0.15, -0.1) is 22.7 Å². The van der Waals surface area contributed by atoms with E-state index in [-0.39, 0.29) is 0 Å². The molecule has 0 aliphatic rings. The highest BCUT2D eigenvalue weighted by molar-refractivity contribution is 7.37. The second kappa shape index (κ2) is 1.87. The Morgan fingerprint density at radius 2 is 1.50 bits per heavy atom. The summed E-state index contributed by atoms with van der Waals surface area (Å²) in [6.45, 7) is 0. The lowest BCUT2D eigenvalue weighted by atomic mass is 10.3. The van der Waals surface area contributed by atoms with E-state index in [1.165, 1.54) is 4.01 Å². The van der Waals surface area contributed by atoms with Crippen LogP contribution in [-0.2, 0) is 0 Å². The smallest absolute Gasteiger partial charge is 0.0907 e. The molecule has 10 heavy (non-hydrogen) atoms. The molecule has 4 N–H and O–H groups in total. The number of fused-ring (bicyclic) bond motifs is 1. The first-order valence-electron chi connectivity index (χ1n) is 2.78. The molecule has 0 bridgehead atoms. The second-order valence-corrected chi connectivity index (χ2v) is 4.06. The van der Waals surface area contributed by atoms with Gasteiger partial charge in [0.1, 0.15) is 0 Å². The third kappa shape index (κ3) is 0.629. The molecule has 52 valence electrons. The van der Waals surface area contributed by atoms with Crippen LogP contribution in [0.4, 0.5) is 11.4 Å². The highest BCUT2D eigenvalue weighted by atomic mass is 32.2. The highest BCUT2D eigenvalue weighted by Gasteiger charge is 2.05. The fraction of sp³-hybridized carbons (Fsp3) is 0. The van der Waals surface area contributed by atoms with E-state index in [4.69, 9.17) is 11.5 Å². The molecule has 0 amide bonds. The molecule has 2 aromatic heterocycles. The van der Waals surface area contributed by atoms with Crippen LogP contribution in [0, 0.1) is 0 Å². The quantitative estimate of drug-likeness (QED) is 0.636. The summed E-state index contributed by atoms with van der Waals surface area (Å²) < 4.78 is 1.22. The van der Waals surface area contributed by atoms with Gasteiger partial charge in [-0.1, -0.05) is 0 Å². The number of anilines is 2. The van der Waals surface area contributed by atoms with E-state index >= 15 is 0 Å². The molecule has 0 atom stereocenters. The van der Waals surface area contributed by atoms with Crippen molar-refractivity contribution >= 4 is 43.4 Å². The van der Waals surface area contributed by atoms with Gasteiger partial charge in [0, 0.05) is 16.1 Å². The van der Waals surface area contributed by atoms with E-state index in [2.05, 4.69) is 0 Å². The highest BCUT2D eigenvalue weighted by Crippen LogP contribution is 2.37. The zero-order valence-corrected chi connectivity index (χ0v) is 6.76. The summed E-state index contributed by atoms with van der Waals surface area (Å²) in [5.74, 6) is 0. The summed E-state index contributed by atoms with van der Waals surface area (Å²) in [5, 5.41) is 4.89. The van der Waals surface area contributed by atoms with Gasteiger partial charge in [0.05, 0.1) is 15.4 Å². The van der Waals surface area contributed by atoms with Crippen molar-refractivity contribution in [3.63, 3.8) is 0 Å². The van der Waals surface area contributed by atoms with Gasteiger partial charge in [-0.3, -0.25) is 0 Å². The van der Waals surface area contributed by atoms with Gasteiger partial charge in [0.2, 0.25) is 0 Å². The molecule has 0 aliphatic carbocycles. The minimum Gasteiger partial charge on any atom is -0.397 e. The number of nitrogen functional groups attached to an aromatic ring is 2. The van der Waals surface area contributed by atoms with E-state index < -0.39 is 0 Å². The largest absolute Gasteiger partial charge is 0.397 e. The van der Waals surface area contributed by atoms with Crippen LogP contribution in [0.1, 0.15) is 0 Å². The summed E-state index contributed by atoms with van der Waals surface area (Å²) in [7, 11) is 0. The van der Waals surface area contributed by atoms with Crippen molar-refractivity contribution in [2.75, 3.05) is 11.5 Å². The van der Waals surface area contributed by atoms with E-state index in [0.717, 1.165) is 16.8 Å². The van der Waals surface area contributed by atoms with Gasteiger partial charge in [0.25, 0.3) is 0 Å². The average molecular weight is 170 g/mol. The molecule has 0 radical (unpaired) electrons. The van der Waals surface area contributed by atoms with Crippen LogP contribution in [-0.4, -0.2) is 0 Å². The summed E-state index contributed by atoms with van der Waals surface area (Å²) >= 11 is 3.30. The Bertz CT molecular complexity index is 329. The second-order valence-electron chi connectivity index (χ2n) is 2.04. The zero-order chi connectivity index (χ0) is 7.14. The van der Waals surface area contributed by atoms with Crippen LogP contribution in [0.25, 0.3) is 9.40 Å². The Morgan fingerprint density at radius 1 is 1.00 bits per heavy atom. The van der Waals surface area contributed by atoms with Crippen molar-refractivity contribution < 1.29 is 0 Å². The van der Waals surface area contributed by atoms with Crippen molar-refractivity contribution in [2.24, 2.45) is 0 Å². The molecule has 0 spiro atoms. The molecule has 2 nitrogen and oxygen atoms in total. The fourth-order valence-corrected chi connectivity index (χ4v) is 2.82. The van der Waals surface area contributed by atoms with Gasteiger partial charge in [-0.05, 0) is 0 Å². The Hall–Kier alpha value is -0.740. The predicted molar refractivity (Wildman–Crippen MR) is 48.5 cm³/mol. The molecule has 2 aromatic rings. The average Bonchev–Trinajstić information content (AvgIpc) is 2.40. The topological polar surface area (TPSA) is 52.0 Å². The lowest BCUT2D eigenvalue weighted by Gasteiger charge is -1.85. The Kier molecular flexibility index (Phi) is 1.12. The molecule has 0 fully saturated rings. The van der Waals surface area contributed by atoms with Crippen LogP contribution in [0.5, 0.6) is 0 Å².